The van der Waals surface area contributed by atoms with Crippen molar-refractivity contribution in [2.24, 2.45) is 0 Å². The lowest BCUT2D eigenvalue weighted by Gasteiger charge is -2.45. The smallest absolute Gasteiger partial charge is 0.408 e. The standard InChI is InChI=1S/C36H39N5O3/c1-24-37-30-11-5-6-12-31(30)41(24)28-22-26-14-15-27(23-28)40(26)21-18-36(25-8-3-2-4-9-25)16-19-39(20-17-36)34(42)29-10-7-13-32-33(29)38-35(43)44-32/h2-13,26-28H,14-23H2,1H3,(H,38,43)/t26-,27+,28?. The number of carbonyl (C=O) groups is 1. The molecule has 2 aromatic heterocycles. The van der Waals surface area contributed by atoms with Gasteiger partial charge < -0.3 is 13.9 Å². The van der Waals surface area contributed by atoms with Crippen LogP contribution in [-0.2, 0) is 5.41 Å². The van der Waals surface area contributed by atoms with Crippen molar-refractivity contribution in [3.8, 4) is 0 Å². The van der Waals surface area contributed by atoms with Gasteiger partial charge in [0.15, 0.2) is 5.58 Å². The average Bonchev–Trinajstić information content (AvgIpc) is 3.68. The number of fused-ring (bicyclic) bond motifs is 4. The molecule has 3 aromatic carbocycles. The summed E-state index contributed by atoms with van der Waals surface area (Å²) < 4.78 is 7.72. The molecule has 1 unspecified atom stereocenters. The summed E-state index contributed by atoms with van der Waals surface area (Å²) in [6, 6.07) is 26.5. The van der Waals surface area contributed by atoms with Gasteiger partial charge in [-0.05, 0) is 93.7 Å². The van der Waals surface area contributed by atoms with Crippen LogP contribution in [-0.4, -0.2) is 62.0 Å². The lowest BCUT2D eigenvalue weighted by molar-refractivity contribution is 0.0608. The minimum absolute atomic E-state index is 0.0292. The number of hydrogen-bond acceptors (Lipinski definition) is 5. The van der Waals surface area contributed by atoms with Crippen LogP contribution in [0.2, 0.25) is 0 Å². The van der Waals surface area contributed by atoms with Crippen LogP contribution >= 0.6 is 0 Å². The number of carbonyl (C=O) groups excluding carboxylic acids is 1. The van der Waals surface area contributed by atoms with E-state index in [2.05, 4.69) is 76.0 Å². The minimum Gasteiger partial charge on any atom is -0.408 e. The third kappa shape index (κ3) is 4.58. The van der Waals surface area contributed by atoms with E-state index in [9.17, 15) is 9.59 Å². The molecule has 2 bridgehead atoms. The SMILES string of the molecule is Cc1nc2ccccc2n1C1C[C@H]2CC[C@@H](C1)N2CCC1(c2ccccc2)CCN(C(=O)c2cccc3oc(=O)[nH]c23)CC1. The minimum atomic E-state index is -0.534. The van der Waals surface area contributed by atoms with Gasteiger partial charge in [-0.1, -0.05) is 48.5 Å². The molecule has 3 fully saturated rings. The van der Waals surface area contributed by atoms with E-state index in [0.29, 0.717) is 47.9 Å². The van der Waals surface area contributed by atoms with Crippen LogP contribution in [0.5, 0.6) is 0 Å². The molecule has 1 amide bonds. The Kier molecular flexibility index (Phi) is 6.70. The molecule has 5 aromatic rings. The van der Waals surface area contributed by atoms with Gasteiger partial charge in [-0.2, -0.15) is 0 Å². The molecule has 0 aliphatic carbocycles. The van der Waals surface area contributed by atoms with Crippen molar-refractivity contribution >= 4 is 28.0 Å². The van der Waals surface area contributed by atoms with Gasteiger partial charge in [0.25, 0.3) is 5.91 Å². The molecule has 0 spiro atoms. The van der Waals surface area contributed by atoms with Crippen LogP contribution in [0, 0.1) is 6.92 Å². The number of piperidine rings is 2. The van der Waals surface area contributed by atoms with E-state index in [4.69, 9.17) is 9.40 Å². The first-order chi connectivity index (χ1) is 21.5. The number of likely N-dealkylation sites (tertiary alicyclic amines) is 1. The average molecular weight is 590 g/mol. The van der Waals surface area contributed by atoms with Crippen LogP contribution in [0.15, 0.2) is 82.0 Å². The number of nitrogens with one attached hydrogen (secondary N) is 1. The molecular weight excluding hydrogens is 550 g/mol. The number of H-pyrrole nitrogens is 1. The van der Waals surface area contributed by atoms with E-state index in [-0.39, 0.29) is 11.3 Å². The third-order valence-electron chi connectivity index (χ3n) is 10.9. The molecule has 8 nitrogen and oxygen atoms in total. The van der Waals surface area contributed by atoms with Crippen LogP contribution < -0.4 is 5.76 Å². The van der Waals surface area contributed by atoms with Crippen molar-refractivity contribution in [2.45, 2.75) is 75.4 Å². The quantitative estimate of drug-likeness (QED) is 0.254. The molecule has 0 saturated carbocycles. The molecule has 1 N–H and O–H groups in total. The Bertz CT molecular complexity index is 1870. The highest BCUT2D eigenvalue weighted by Crippen LogP contribution is 2.45. The number of aromatic amines is 1. The highest BCUT2D eigenvalue weighted by Gasteiger charge is 2.44. The molecule has 0 radical (unpaired) electrons. The molecule has 3 atom stereocenters. The summed E-state index contributed by atoms with van der Waals surface area (Å²) in [5.41, 5.74) is 5.19. The Hall–Kier alpha value is -4.17. The van der Waals surface area contributed by atoms with Crippen molar-refractivity contribution in [1.29, 1.82) is 0 Å². The molecule has 3 saturated heterocycles. The van der Waals surface area contributed by atoms with Gasteiger partial charge >= 0.3 is 5.76 Å². The van der Waals surface area contributed by atoms with Gasteiger partial charge in [0.05, 0.1) is 22.1 Å². The summed E-state index contributed by atoms with van der Waals surface area (Å²) in [5, 5.41) is 0. The van der Waals surface area contributed by atoms with Gasteiger partial charge in [0.2, 0.25) is 0 Å². The molecule has 3 aliphatic heterocycles. The summed E-state index contributed by atoms with van der Waals surface area (Å²) in [5.74, 6) is 0.550. The van der Waals surface area contributed by atoms with Crippen molar-refractivity contribution < 1.29 is 9.21 Å². The van der Waals surface area contributed by atoms with Gasteiger partial charge in [-0.15, -0.1) is 0 Å². The molecule has 3 aliphatic rings. The van der Waals surface area contributed by atoms with E-state index in [1.165, 1.54) is 36.8 Å². The Morgan fingerprint density at radius 3 is 2.43 bits per heavy atom. The number of nitrogens with zero attached hydrogens (tertiary/aromatic N) is 4. The lowest BCUT2D eigenvalue weighted by atomic mass is 9.70. The molecule has 44 heavy (non-hydrogen) atoms. The fraction of sp³-hybridized carbons (Fsp3) is 0.417. The summed E-state index contributed by atoms with van der Waals surface area (Å²) in [7, 11) is 0. The van der Waals surface area contributed by atoms with Crippen molar-refractivity contribution in [3.05, 3.63) is 100 Å². The normalized spacial score (nSPS) is 23.5. The maximum Gasteiger partial charge on any atom is 0.417 e. The van der Waals surface area contributed by atoms with Crippen molar-refractivity contribution in [3.63, 3.8) is 0 Å². The Labute approximate surface area is 256 Å². The van der Waals surface area contributed by atoms with E-state index in [0.717, 1.165) is 37.1 Å². The molecule has 226 valence electrons. The van der Waals surface area contributed by atoms with E-state index < -0.39 is 5.76 Å². The van der Waals surface area contributed by atoms with E-state index in [1.54, 1.807) is 18.2 Å². The first kappa shape index (κ1) is 27.4. The third-order valence-corrected chi connectivity index (χ3v) is 10.9. The van der Waals surface area contributed by atoms with E-state index in [1.807, 2.05) is 4.90 Å². The summed E-state index contributed by atoms with van der Waals surface area (Å²) in [6.45, 7) is 4.62. The summed E-state index contributed by atoms with van der Waals surface area (Å²) in [6.07, 6.45) is 7.85. The second kappa shape index (κ2) is 10.8. The Morgan fingerprint density at radius 1 is 0.932 bits per heavy atom. The summed E-state index contributed by atoms with van der Waals surface area (Å²) in [4.78, 5) is 37.8. The topological polar surface area (TPSA) is 87.4 Å². The molecule has 5 heterocycles. The van der Waals surface area contributed by atoms with Crippen molar-refractivity contribution in [2.75, 3.05) is 19.6 Å². The first-order valence-corrected chi connectivity index (χ1v) is 16.2. The number of imidazole rings is 1. The zero-order valence-electron chi connectivity index (χ0n) is 25.2. The van der Waals surface area contributed by atoms with Crippen LogP contribution in [0.3, 0.4) is 0 Å². The number of aryl methyl sites for hydroxylation is 1. The zero-order chi connectivity index (χ0) is 29.8. The molecule has 8 heteroatoms. The highest BCUT2D eigenvalue weighted by molar-refractivity contribution is 6.04. The number of oxazole rings is 1. The van der Waals surface area contributed by atoms with Crippen LogP contribution in [0.25, 0.3) is 22.1 Å². The Balaban J connectivity index is 0.992. The fourth-order valence-corrected chi connectivity index (χ4v) is 8.72. The lowest BCUT2D eigenvalue weighted by Crippen LogP contribution is -2.49. The molecular formula is C36H39N5O3. The highest BCUT2D eigenvalue weighted by atomic mass is 16.4. The van der Waals surface area contributed by atoms with Gasteiger partial charge in [0, 0.05) is 31.2 Å². The fourth-order valence-electron chi connectivity index (χ4n) is 8.72. The second-order valence-electron chi connectivity index (χ2n) is 13.1. The maximum absolute atomic E-state index is 13.7. The van der Waals surface area contributed by atoms with Crippen molar-refractivity contribution in [1.82, 2.24) is 24.3 Å². The largest absolute Gasteiger partial charge is 0.417 e. The zero-order valence-corrected chi connectivity index (χ0v) is 25.2. The predicted octanol–water partition coefficient (Wildman–Crippen LogP) is 6.21. The number of para-hydroxylation sites is 3. The maximum atomic E-state index is 13.7. The number of amides is 1. The van der Waals surface area contributed by atoms with Gasteiger partial charge in [-0.3, -0.25) is 14.7 Å². The van der Waals surface area contributed by atoms with E-state index >= 15 is 0 Å². The monoisotopic (exact) mass is 589 g/mol. The number of hydrogen-bond donors (Lipinski definition) is 1. The number of aromatic nitrogens is 3. The predicted molar refractivity (Wildman–Crippen MR) is 171 cm³/mol. The summed E-state index contributed by atoms with van der Waals surface area (Å²) >= 11 is 0. The van der Waals surface area contributed by atoms with Gasteiger partial charge in [-0.25, -0.2) is 9.78 Å². The molecule has 8 rings (SSSR count). The second-order valence-corrected chi connectivity index (χ2v) is 13.1. The first-order valence-electron chi connectivity index (χ1n) is 16.2. The van der Waals surface area contributed by atoms with Crippen LogP contribution in [0.1, 0.15) is 72.7 Å². The van der Waals surface area contributed by atoms with Gasteiger partial charge in [0.1, 0.15) is 5.82 Å². The Morgan fingerprint density at radius 2 is 1.66 bits per heavy atom. The van der Waals surface area contributed by atoms with Crippen LogP contribution in [0.4, 0.5) is 0 Å². The number of benzene rings is 3. The number of rotatable bonds is 6.